The molecule has 1 aliphatic rings. The highest BCUT2D eigenvalue weighted by molar-refractivity contribution is 5.81. The second-order valence-electron chi connectivity index (χ2n) is 8.31. The first-order valence-corrected chi connectivity index (χ1v) is 10.0. The van der Waals surface area contributed by atoms with Crippen LogP contribution < -0.4 is 5.69 Å². The highest BCUT2D eigenvalue weighted by Gasteiger charge is 2.29. The number of carbonyl (C=O) groups excluding carboxylic acids is 2. The summed E-state index contributed by atoms with van der Waals surface area (Å²) >= 11 is 0. The number of ether oxygens (including phenoxy) is 2. The lowest BCUT2D eigenvalue weighted by Gasteiger charge is -2.33. The second-order valence-corrected chi connectivity index (χ2v) is 8.31. The third kappa shape index (κ3) is 4.81. The van der Waals surface area contributed by atoms with Gasteiger partial charge in [-0.05, 0) is 58.1 Å². The van der Waals surface area contributed by atoms with E-state index < -0.39 is 11.6 Å². The number of nitrogens with one attached hydrogen (secondary N) is 1. The van der Waals surface area contributed by atoms with E-state index in [4.69, 9.17) is 9.47 Å². The van der Waals surface area contributed by atoms with Crippen LogP contribution in [0.15, 0.2) is 23.0 Å². The third-order valence-corrected chi connectivity index (χ3v) is 5.00. The van der Waals surface area contributed by atoms with Crippen LogP contribution in [0, 0.1) is 0 Å². The van der Waals surface area contributed by atoms with Gasteiger partial charge in [-0.25, -0.2) is 9.59 Å². The normalized spacial score (nSPS) is 15.5. The Morgan fingerprint density at radius 2 is 1.90 bits per heavy atom. The number of para-hydroxylation sites is 1. The van der Waals surface area contributed by atoms with Crippen LogP contribution in [0.25, 0.3) is 11.0 Å². The largest absolute Gasteiger partial charge is 0.465 e. The van der Waals surface area contributed by atoms with Gasteiger partial charge in [-0.1, -0.05) is 12.1 Å². The van der Waals surface area contributed by atoms with Gasteiger partial charge in [0.05, 0.1) is 17.6 Å². The standard InChI is InChI=1S/C21H29N3O5/c1-5-28-17(25)13-24-18-15(7-6-8-16(18)22-19(24)26)14-9-11-23(12-10-14)20(27)29-21(2,3)4/h6-8,14H,5,9-13H2,1-4H3,(H,22,26). The maximum absolute atomic E-state index is 12.4. The molecule has 1 N–H and O–H groups in total. The van der Waals surface area contributed by atoms with Crippen molar-refractivity contribution in [3.63, 3.8) is 0 Å². The van der Waals surface area contributed by atoms with E-state index >= 15 is 0 Å². The van der Waals surface area contributed by atoms with Crippen molar-refractivity contribution in [3.8, 4) is 0 Å². The van der Waals surface area contributed by atoms with Crippen molar-refractivity contribution >= 4 is 23.1 Å². The fourth-order valence-corrected chi connectivity index (χ4v) is 3.76. The van der Waals surface area contributed by atoms with Crippen molar-refractivity contribution in [3.05, 3.63) is 34.2 Å². The summed E-state index contributed by atoms with van der Waals surface area (Å²) < 4.78 is 11.9. The lowest BCUT2D eigenvalue weighted by atomic mass is 9.88. The Labute approximate surface area is 169 Å². The zero-order valence-corrected chi connectivity index (χ0v) is 17.5. The van der Waals surface area contributed by atoms with Gasteiger partial charge in [0, 0.05) is 13.1 Å². The summed E-state index contributed by atoms with van der Waals surface area (Å²) in [6.45, 7) is 8.62. The molecule has 1 fully saturated rings. The summed E-state index contributed by atoms with van der Waals surface area (Å²) in [5, 5.41) is 0. The van der Waals surface area contributed by atoms with E-state index in [1.54, 1.807) is 11.8 Å². The van der Waals surface area contributed by atoms with Crippen LogP contribution in [0.3, 0.4) is 0 Å². The van der Waals surface area contributed by atoms with Crippen molar-refractivity contribution in [2.75, 3.05) is 19.7 Å². The molecule has 2 heterocycles. The number of H-pyrrole nitrogens is 1. The molecule has 1 aromatic heterocycles. The fraction of sp³-hybridized carbons (Fsp3) is 0.571. The van der Waals surface area contributed by atoms with Gasteiger partial charge < -0.3 is 19.4 Å². The maximum Gasteiger partial charge on any atom is 0.410 e. The topological polar surface area (TPSA) is 93.6 Å². The van der Waals surface area contributed by atoms with Crippen LogP contribution in [0.2, 0.25) is 0 Å². The molecule has 29 heavy (non-hydrogen) atoms. The van der Waals surface area contributed by atoms with Gasteiger partial charge in [0.15, 0.2) is 0 Å². The number of carbonyl (C=O) groups is 2. The number of piperidine rings is 1. The number of rotatable bonds is 4. The lowest BCUT2D eigenvalue weighted by Crippen LogP contribution is -2.41. The van der Waals surface area contributed by atoms with E-state index in [9.17, 15) is 14.4 Å². The molecule has 3 rings (SSSR count). The zero-order valence-electron chi connectivity index (χ0n) is 17.5. The molecule has 0 spiro atoms. The van der Waals surface area contributed by atoms with Crippen molar-refractivity contribution in [2.24, 2.45) is 0 Å². The minimum absolute atomic E-state index is 0.125. The fourth-order valence-electron chi connectivity index (χ4n) is 3.76. The Morgan fingerprint density at radius 1 is 1.21 bits per heavy atom. The Bertz CT molecular complexity index is 945. The molecule has 1 aromatic carbocycles. The molecule has 0 bridgehead atoms. The minimum atomic E-state index is -0.520. The number of imidazole rings is 1. The molecule has 2 aromatic rings. The van der Waals surface area contributed by atoms with Gasteiger partial charge in [-0.3, -0.25) is 9.36 Å². The van der Waals surface area contributed by atoms with Crippen LogP contribution in [0.4, 0.5) is 4.79 Å². The molecule has 0 saturated carbocycles. The summed E-state index contributed by atoms with van der Waals surface area (Å²) in [4.78, 5) is 41.2. The first-order chi connectivity index (χ1) is 13.7. The van der Waals surface area contributed by atoms with Crippen molar-refractivity contribution in [2.45, 2.75) is 58.6 Å². The van der Waals surface area contributed by atoms with Gasteiger partial charge in [0.2, 0.25) is 0 Å². The SMILES string of the molecule is CCOC(=O)Cn1c(=O)[nH]c2cccc(C3CCN(C(=O)OC(C)(C)C)CC3)c21. The number of hydrogen-bond acceptors (Lipinski definition) is 5. The summed E-state index contributed by atoms with van der Waals surface area (Å²) in [5.41, 5.74) is 1.60. The van der Waals surface area contributed by atoms with E-state index in [1.165, 1.54) is 4.57 Å². The summed E-state index contributed by atoms with van der Waals surface area (Å²) in [6, 6.07) is 5.73. The predicted molar refractivity (Wildman–Crippen MR) is 109 cm³/mol. The average molecular weight is 403 g/mol. The number of nitrogens with zero attached hydrogens (tertiary/aromatic N) is 2. The third-order valence-electron chi connectivity index (χ3n) is 5.00. The van der Waals surface area contributed by atoms with Gasteiger partial charge >= 0.3 is 17.8 Å². The number of likely N-dealkylation sites (tertiary alicyclic amines) is 1. The molecule has 8 heteroatoms. The number of aromatic amines is 1. The number of aromatic nitrogens is 2. The van der Waals surface area contributed by atoms with Gasteiger partial charge in [-0.15, -0.1) is 0 Å². The minimum Gasteiger partial charge on any atom is -0.465 e. The maximum atomic E-state index is 12.4. The molecular formula is C21H29N3O5. The number of fused-ring (bicyclic) bond motifs is 1. The molecule has 8 nitrogen and oxygen atoms in total. The Balaban J connectivity index is 1.81. The highest BCUT2D eigenvalue weighted by Crippen LogP contribution is 2.32. The summed E-state index contributed by atoms with van der Waals surface area (Å²) in [6.07, 6.45) is 1.23. The van der Waals surface area contributed by atoms with E-state index in [0.29, 0.717) is 18.6 Å². The van der Waals surface area contributed by atoms with Crippen molar-refractivity contribution in [1.29, 1.82) is 0 Å². The van der Waals surface area contributed by atoms with E-state index in [-0.39, 0.29) is 30.9 Å². The highest BCUT2D eigenvalue weighted by atomic mass is 16.6. The second kappa shape index (κ2) is 8.31. The van der Waals surface area contributed by atoms with Gasteiger partial charge in [0.1, 0.15) is 12.1 Å². The first-order valence-electron chi connectivity index (χ1n) is 10.0. The summed E-state index contributed by atoms with van der Waals surface area (Å²) in [5.74, 6) is -0.258. The van der Waals surface area contributed by atoms with E-state index in [2.05, 4.69) is 4.98 Å². The lowest BCUT2D eigenvalue weighted by molar-refractivity contribution is -0.143. The molecule has 1 saturated heterocycles. The monoisotopic (exact) mass is 403 g/mol. The predicted octanol–water partition coefficient (Wildman–Crippen LogP) is 3.01. The Hall–Kier alpha value is -2.77. The smallest absolute Gasteiger partial charge is 0.410 e. The van der Waals surface area contributed by atoms with Gasteiger partial charge in [0.25, 0.3) is 0 Å². The molecular weight excluding hydrogens is 374 g/mol. The van der Waals surface area contributed by atoms with Crippen molar-refractivity contribution < 1.29 is 19.1 Å². The van der Waals surface area contributed by atoms with E-state index in [1.807, 2.05) is 39.0 Å². The van der Waals surface area contributed by atoms with Gasteiger partial charge in [-0.2, -0.15) is 0 Å². The summed E-state index contributed by atoms with van der Waals surface area (Å²) in [7, 11) is 0. The van der Waals surface area contributed by atoms with Crippen LogP contribution in [-0.4, -0.2) is 51.8 Å². The molecule has 0 atom stereocenters. The zero-order chi connectivity index (χ0) is 21.2. The van der Waals surface area contributed by atoms with Crippen LogP contribution >= 0.6 is 0 Å². The Morgan fingerprint density at radius 3 is 2.52 bits per heavy atom. The molecule has 1 amide bonds. The average Bonchev–Trinajstić information content (AvgIpc) is 2.96. The number of amides is 1. The molecule has 0 radical (unpaired) electrons. The van der Waals surface area contributed by atoms with Crippen LogP contribution in [0.1, 0.15) is 52.0 Å². The van der Waals surface area contributed by atoms with Crippen LogP contribution in [-0.2, 0) is 20.8 Å². The molecule has 0 aliphatic carbocycles. The Kier molecular flexibility index (Phi) is 6.00. The molecule has 1 aliphatic heterocycles. The molecule has 0 unspecified atom stereocenters. The van der Waals surface area contributed by atoms with E-state index in [0.717, 1.165) is 23.9 Å². The van der Waals surface area contributed by atoms with Crippen LogP contribution in [0.5, 0.6) is 0 Å². The number of hydrogen-bond donors (Lipinski definition) is 1. The molecule has 158 valence electrons. The number of benzene rings is 1. The number of esters is 1. The quantitative estimate of drug-likeness (QED) is 0.792. The first kappa shape index (κ1) is 21.0. The van der Waals surface area contributed by atoms with Crippen molar-refractivity contribution in [1.82, 2.24) is 14.5 Å².